The Morgan fingerprint density at radius 1 is 1.11 bits per heavy atom. The third-order valence-corrected chi connectivity index (χ3v) is 4.18. The van der Waals surface area contributed by atoms with E-state index in [2.05, 4.69) is 60.4 Å². The average molecular weight is 264 g/mol. The van der Waals surface area contributed by atoms with E-state index in [0.717, 1.165) is 12.2 Å². The highest BCUT2D eigenvalue weighted by Gasteiger charge is 2.30. The SMILES string of the molecule is CCCC(C)c1[nH]c(C(C)(C)CC)nc1C(C)(C)C. The zero-order valence-electron chi connectivity index (χ0n) is 14.1. The van der Waals surface area contributed by atoms with Crippen LogP contribution in [0.15, 0.2) is 0 Å². The minimum Gasteiger partial charge on any atom is -0.345 e. The molecule has 0 aliphatic heterocycles. The highest BCUT2D eigenvalue weighted by Crippen LogP contribution is 2.34. The van der Waals surface area contributed by atoms with Crippen molar-refractivity contribution >= 4 is 0 Å². The molecule has 1 N–H and O–H groups in total. The van der Waals surface area contributed by atoms with Crippen molar-refractivity contribution in [1.82, 2.24) is 9.97 Å². The second-order valence-corrected chi connectivity index (χ2v) is 7.52. The van der Waals surface area contributed by atoms with Crippen LogP contribution in [0, 0.1) is 0 Å². The maximum Gasteiger partial charge on any atom is 0.112 e. The minimum atomic E-state index is 0.107. The van der Waals surface area contributed by atoms with Gasteiger partial charge in [-0.2, -0.15) is 0 Å². The van der Waals surface area contributed by atoms with Gasteiger partial charge in [0.15, 0.2) is 0 Å². The predicted molar refractivity (Wildman–Crippen MR) is 83.9 cm³/mol. The molecule has 1 rings (SSSR count). The molecule has 0 bridgehead atoms. The highest BCUT2D eigenvalue weighted by molar-refractivity contribution is 5.27. The van der Waals surface area contributed by atoms with Crippen molar-refractivity contribution in [3.63, 3.8) is 0 Å². The van der Waals surface area contributed by atoms with Gasteiger partial charge in [-0.3, -0.25) is 0 Å². The van der Waals surface area contributed by atoms with Crippen molar-refractivity contribution in [1.29, 1.82) is 0 Å². The average Bonchev–Trinajstić information content (AvgIpc) is 2.74. The van der Waals surface area contributed by atoms with Crippen LogP contribution < -0.4 is 0 Å². The third-order valence-electron chi connectivity index (χ3n) is 4.18. The first-order valence-electron chi connectivity index (χ1n) is 7.74. The summed E-state index contributed by atoms with van der Waals surface area (Å²) in [4.78, 5) is 8.62. The molecule has 1 atom stereocenters. The lowest BCUT2D eigenvalue weighted by Crippen LogP contribution is -2.18. The van der Waals surface area contributed by atoms with E-state index in [1.807, 2.05) is 0 Å². The second-order valence-electron chi connectivity index (χ2n) is 7.52. The van der Waals surface area contributed by atoms with Crippen LogP contribution in [0.25, 0.3) is 0 Å². The molecule has 19 heavy (non-hydrogen) atoms. The quantitative estimate of drug-likeness (QED) is 0.768. The van der Waals surface area contributed by atoms with Gasteiger partial charge in [0.1, 0.15) is 5.82 Å². The number of aromatic nitrogens is 2. The molecule has 1 aromatic heterocycles. The Hall–Kier alpha value is -0.790. The summed E-state index contributed by atoms with van der Waals surface area (Å²) in [5.41, 5.74) is 2.84. The van der Waals surface area contributed by atoms with E-state index < -0.39 is 0 Å². The van der Waals surface area contributed by atoms with E-state index in [9.17, 15) is 0 Å². The van der Waals surface area contributed by atoms with Crippen LogP contribution in [0.4, 0.5) is 0 Å². The van der Waals surface area contributed by atoms with Crippen molar-refractivity contribution in [2.24, 2.45) is 0 Å². The summed E-state index contributed by atoms with van der Waals surface area (Å²) in [6.45, 7) is 18.1. The van der Waals surface area contributed by atoms with E-state index >= 15 is 0 Å². The number of hydrogen-bond acceptors (Lipinski definition) is 1. The van der Waals surface area contributed by atoms with Gasteiger partial charge in [0.25, 0.3) is 0 Å². The Morgan fingerprint density at radius 3 is 2.11 bits per heavy atom. The standard InChI is InChI=1S/C17H32N2/c1-9-11-12(3)13-14(16(4,5)6)19-15(18-13)17(7,8)10-2/h12H,9-11H2,1-8H3,(H,18,19). The Morgan fingerprint density at radius 2 is 1.68 bits per heavy atom. The first-order valence-corrected chi connectivity index (χ1v) is 7.74. The van der Waals surface area contributed by atoms with Crippen molar-refractivity contribution < 1.29 is 0 Å². The smallest absolute Gasteiger partial charge is 0.112 e. The topological polar surface area (TPSA) is 28.7 Å². The van der Waals surface area contributed by atoms with Crippen LogP contribution in [0.5, 0.6) is 0 Å². The van der Waals surface area contributed by atoms with Gasteiger partial charge in [-0.1, -0.05) is 61.8 Å². The number of imidazole rings is 1. The first kappa shape index (κ1) is 16.3. The molecule has 0 fully saturated rings. The number of aromatic amines is 1. The summed E-state index contributed by atoms with van der Waals surface area (Å²) >= 11 is 0. The maximum atomic E-state index is 4.97. The fraction of sp³-hybridized carbons (Fsp3) is 0.824. The van der Waals surface area contributed by atoms with Crippen LogP contribution in [-0.4, -0.2) is 9.97 Å². The molecule has 2 nitrogen and oxygen atoms in total. The van der Waals surface area contributed by atoms with Crippen LogP contribution >= 0.6 is 0 Å². The van der Waals surface area contributed by atoms with E-state index in [1.54, 1.807) is 0 Å². The van der Waals surface area contributed by atoms with Crippen molar-refractivity contribution in [3.8, 4) is 0 Å². The van der Waals surface area contributed by atoms with Crippen molar-refractivity contribution in [2.45, 2.75) is 91.4 Å². The zero-order chi connectivity index (χ0) is 14.8. The molecule has 0 saturated carbocycles. The summed E-state index contributed by atoms with van der Waals surface area (Å²) in [7, 11) is 0. The minimum absolute atomic E-state index is 0.107. The number of nitrogens with one attached hydrogen (secondary N) is 1. The van der Waals surface area contributed by atoms with Gasteiger partial charge in [-0.25, -0.2) is 4.98 Å². The molecule has 0 aliphatic carbocycles. The van der Waals surface area contributed by atoms with Gasteiger partial charge in [-0.05, 0) is 18.8 Å². The first-order chi connectivity index (χ1) is 8.63. The Balaban J connectivity index is 3.28. The molecule has 2 heteroatoms. The lowest BCUT2D eigenvalue weighted by Gasteiger charge is -2.20. The Bertz CT molecular complexity index is 407. The lowest BCUT2D eigenvalue weighted by molar-refractivity contribution is 0.472. The third kappa shape index (κ3) is 3.61. The normalized spacial score (nSPS) is 14.7. The van der Waals surface area contributed by atoms with E-state index in [4.69, 9.17) is 4.98 Å². The number of H-pyrrole nitrogens is 1. The molecular formula is C17H32N2. The van der Waals surface area contributed by atoms with Gasteiger partial charge in [0, 0.05) is 16.5 Å². The Labute approximate surface area is 119 Å². The monoisotopic (exact) mass is 264 g/mol. The summed E-state index contributed by atoms with van der Waals surface area (Å²) in [6.07, 6.45) is 3.54. The van der Waals surface area contributed by atoms with Crippen LogP contribution in [0.2, 0.25) is 0 Å². The van der Waals surface area contributed by atoms with Crippen LogP contribution in [0.1, 0.15) is 97.8 Å². The van der Waals surface area contributed by atoms with Gasteiger partial charge in [-0.15, -0.1) is 0 Å². The molecule has 0 spiro atoms. The fourth-order valence-electron chi connectivity index (χ4n) is 2.38. The largest absolute Gasteiger partial charge is 0.345 e. The molecule has 110 valence electrons. The highest BCUT2D eigenvalue weighted by atomic mass is 15.0. The van der Waals surface area contributed by atoms with E-state index in [-0.39, 0.29) is 10.8 Å². The number of nitrogens with zero attached hydrogens (tertiary/aromatic N) is 1. The molecule has 0 amide bonds. The number of hydrogen-bond donors (Lipinski definition) is 1. The second kappa shape index (κ2) is 5.68. The van der Waals surface area contributed by atoms with Gasteiger partial charge < -0.3 is 4.98 Å². The fourth-order valence-corrected chi connectivity index (χ4v) is 2.38. The van der Waals surface area contributed by atoms with Gasteiger partial charge in [0.05, 0.1) is 5.69 Å². The summed E-state index contributed by atoms with van der Waals surface area (Å²) < 4.78 is 0. The molecule has 1 unspecified atom stereocenters. The van der Waals surface area contributed by atoms with Crippen LogP contribution in [0.3, 0.4) is 0 Å². The summed E-state index contributed by atoms with van der Waals surface area (Å²) in [5, 5.41) is 0. The van der Waals surface area contributed by atoms with Crippen molar-refractivity contribution in [3.05, 3.63) is 17.2 Å². The van der Waals surface area contributed by atoms with E-state index in [1.165, 1.54) is 24.2 Å². The molecule has 0 aromatic carbocycles. The zero-order valence-corrected chi connectivity index (χ0v) is 14.1. The maximum absolute atomic E-state index is 4.97. The number of rotatable bonds is 5. The van der Waals surface area contributed by atoms with E-state index in [0.29, 0.717) is 5.92 Å². The van der Waals surface area contributed by atoms with Gasteiger partial charge in [0.2, 0.25) is 0 Å². The Kier molecular flexibility index (Phi) is 4.86. The van der Waals surface area contributed by atoms with Crippen molar-refractivity contribution in [2.75, 3.05) is 0 Å². The molecule has 0 aliphatic rings. The summed E-state index contributed by atoms with van der Waals surface area (Å²) in [5.74, 6) is 1.71. The molecular weight excluding hydrogens is 232 g/mol. The lowest BCUT2D eigenvalue weighted by atomic mass is 9.86. The summed E-state index contributed by atoms with van der Waals surface area (Å²) in [6, 6.07) is 0. The van der Waals surface area contributed by atoms with Gasteiger partial charge >= 0.3 is 0 Å². The molecule has 1 heterocycles. The molecule has 0 saturated heterocycles. The molecule has 1 aromatic rings. The molecule has 0 radical (unpaired) electrons. The predicted octanol–water partition coefficient (Wildman–Crippen LogP) is 5.30. The van der Waals surface area contributed by atoms with Crippen LogP contribution in [-0.2, 0) is 10.8 Å².